The van der Waals surface area contributed by atoms with Crippen LogP contribution in [0.4, 0.5) is 4.79 Å². The molecule has 0 radical (unpaired) electrons. The highest BCUT2D eigenvalue weighted by Crippen LogP contribution is 2.26. The lowest BCUT2D eigenvalue weighted by Crippen LogP contribution is -2.42. The summed E-state index contributed by atoms with van der Waals surface area (Å²) >= 11 is 0. The van der Waals surface area contributed by atoms with Gasteiger partial charge in [0.05, 0.1) is 23.8 Å². The van der Waals surface area contributed by atoms with Gasteiger partial charge in [0.25, 0.3) is 0 Å². The Balaban J connectivity index is 1.91. The number of aliphatic hydroxyl groups excluding tert-OH is 1. The Morgan fingerprint density at radius 1 is 1.55 bits per heavy atom. The number of hydrogen-bond acceptors (Lipinski definition) is 3. The quantitative estimate of drug-likeness (QED) is 0.896. The van der Waals surface area contributed by atoms with Crippen LogP contribution in [0.2, 0.25) is 0 Å². The number of urea groups is 1. The van der Waals surface area contributed by atoms with Crippen molar-refractivity contribution in [2.45, 2.75) is 38.3 Å². The molecule has 0 aromatic heterocycles. The summed E-state index contributed by atoms with van der Waals surface area (Å²) in [4.78, 5) is 13.9. The number of nitrogens with zero attached hydrogens (tertiary/aromatic N) is 2. The summed E-state index contributed by atoms with van der Waals surface area (Å²) in [6.07, 6.45) is 2.54. The fourth-order valence-corrected chi connectivity index (χ4v) is 2.92. The Labute approximate surface area is 131 Å². The van der Waals surface area contributed by atoms with Crippen molar-refractivity contribution in [2.75, 3.05) is 13.6 Å². The van der Waals surface area contributed by atoms with E-state index >= 15 is 0 Å². The molecule has 0 spiro atoms. The largest absolute Gasteiger partial charge is 0.393 e. The normalized spacial score (nSPS) is 21.9. The van der Waals surface area contributed by atoms with E-state index in [1.807, 2.05) is 19.1 Å². The van der Waals surface area contributed by atoms with Crippen molar-refractivity contribution >= 4 is 6.03 Å². The van der Waals surface area contributed by atoms with Gasteiger partial charge in [-0.15, -0.1) is 0 Å². The molecule has 1 fully saturated rings. The molecule has 1 aliphatic rings. The number of nitriles is 1. The minimum absolute atomic E-state index is 0.158. The molecule has 1 aliphatic carbocycles. The molecule has 0 saturated heterocycles. The van der Waals surface area contributed by atoms with Crippen LogP contribution < -0.4 is 5.32 Å². The van der Waals surface area contributed by atoms with Gasteiger partial charge < -0.3 is 15.3 Å². The molecule has 2 rings (SSSR count). The van der Waals surface area contributed by atoms with Crippen LogP contribution in [0, 0.1) is 17.2 Å². The molecule has 2 N–H and O–H groups in total. The van der Waals surface area contributed by atoms with E-state index in [1.165, 1.54) is 0 Å². The summed E-state index contributed by atoms with van der Waals surface area (Å²) in [6, 6.07) is 9.01. The molecule has 2 amide bonds. The standard InChI is InChI=1S/C17H23N3O2/c1-12(14-6-3-5-13(9-14)10-18)19-17(22)20(2)11-15-7-4-8-16(15)21/h3,5-6,9,12,15-16,21H,4,7-8,11H2,1-2H3,(H,19,22)/t12-,15-,16-/m0/s1. The van der Waals surface area contributed by atoms with E-state index < -0.39 is 0 Å². The van der Waals surface area contributed by atoms with Crippen LogP contribution in [0.25, 0.3) is 0 Å². The van der Waals surface area contributed by atoms with Gasteiger partial charge in [0.1, 0.15) is 0 Å². The number of rotatable bonds is 4. The van der Waals surface area contributed by atoms with Gasteiger partial charge >= 0.3 is 6.03 Å². The summed E-state index contributed by atoms with van der Waals surface area (Å²) in [5.41, 5.74) is 1.49. The maximum atomic E-state index is 12.2. The van der Waals surface area contributed by atoms with Gasteiger partial charge in [0, 0.05) is 19.5 Å². The van der Waals surface area contributed by atoms with E-state index in [4.69, 9.17) is 5.26 Å². The van der Waals surface area contributed by atoms with Crippen molar-refractivity contribution in [1.29, 1.82) is 5.26 Å². The molecule has 1 saturated carbocycles. The first-order valence-electron chi connectivity index (χ1n) is 7.71. The number of nitrogens with one attached hydrogen (secondary N) is 1. The van der Waals surface area contributed by atoms with Crippen molar-refractivity contribution in [3.63, 3.8) is 0 Å². The van der Waals surface area contributed by atoms with E-state index in [0.717, 1.165) is 24.8 Å². The molecule has 1 aromatic rings. The average Bonchev–Trinajstić information content (AvgIpc) is 2.92. The Morgan fingerprint density at radius 2 is 2.32 bits per heavy atom. The topological polar surface area (TPSA) is 76.4 Å². The Morgan fingerprint density at radius 3 is 2.95 bits per heavy atom. The molecule has 0 aliphatic heterocycles. The fourth-order valence-electron chi connectivity index (χ4n) is 2.92. The van der Waals surface area contributed by atoms with Crippen molar-refractivity contribution in [1.82, 2.24) is 10.2 Å². The Kier molecular flexibility index (Phi) is 5.40. The maximum Gasteiger partial charge on any atom is 0.317 e. The molecule has 1 aromatic carbocycles. The highest BCUT2D eigenvalue weighted by molar-refractivity contribution is 5.74. The van der Waals surface area contributed by atoms with Crippen LogP contribution >= 0.6 is 0 Å². The molecular weight excluding hydrogens is 278 g/mol. The van der Waals surface area contributed by atoms with Crippen LogP contribution in [0.1, 0.15) is 43.4 Å². The lowest BCUT2D eigenvalue weighted by atomic mass is 10.1. The number of aliphatic hydroxyl groups is 1. The molecule has 3 atom stereocenters. The minimum atomic E-state index is -0.292. The molecule has 5 nitrogen and oxygen atoms in total. The maximum absolute atomic E-state index is 12.2. The zero-order valence-electron chi connectivity index (χ0n) is 13.1. The molecule has 0 bridgehead atoms. The number of benzene rings is 1. The molecular formula is C17H23N3O2. The summed E-state index contributed by atoms with van der Waals surface area (Å²) in [5, 5.41) is 21.7. The first-order chi connectivity index (χ1) is 10.5. The summed E-state index contributed by atoms with van der Waals surface area (Å²) in [7, 11) is 1.75. The van der Waals surface area contributed by atoms with Gasteiger partial charge in [0.2, 0.25) is 0 Å². The summed E-state index contributed by atoms with van der Waals surface area (Å²) in [5.74, 6) is 0.174. The van der Waals surface area contributed by atoms with E-state index in [-0.39, 0.29) is 24.1 Å². The van der Waals surface area contributed by atoms with E-state index in [9.17, 15) is 9.90 Å². The van der Waals surface area contributed by atoms with Crippen molar-refractivity contribution in [3.8, 4) is 6.07 Å². The molecule has 5 heteroatoms. The van der Waals surface area contributed by atoms with Gasteiger partial charge in [-0.2, -0.15) is 5.26 Å². The smallest absolute Gasteiger partial charge is 0.317 e. The first kappa shape index (κ1) is 16.3. The van der Waals surface area contributed by atoms with Crippen LogP contribution in [-0.4, -0.2) is 35.7 Å². The average molecular weight is 301 g/mol. The van der Waals surface area contributed by atoms with E-state index in [2.05, 4.69) is 11.4 Å². The third-order valence-electron chi connectivity index (χ3n) is 4.33. The predicted molar refractivity (Wildman–Crippen MR) is 84.1 cm³/mol. The second-order valence-electron chi connectivity index (χ2n) is 6.05. The number of carbonyl (C=O) groups excluding carboxylic acids is 1. The number of hydrogen-bond donors (Lipinski definition) is 2. The highest BCUT2D eigenvalue weighted by atomic mass is 16.3. The van der Waals surface area contributed by atoms with Crippen molar-refractivity contribution in [3.05, 3.63) is 35.4 Å². The zero-order chi connectivity index (χ0) is 16.1. The molecule has 0 unspecified atom stereocenters. The Hall–Kier alpha value is -2.06. The third-order valence-corrected chi connectivity index (χ3v) is 4.33. The second-order valence-corrected chi connectivity index (χ2v) is 6.05. The van der Waals surface area contributed by atoms with E-state index in [1.54, 1.807) is 24.1 Å². The lowest BCUT2D eigenvalue weighted by molar-refractivity contribution is 0.113. The first-order valence-corrected chi connectivity index (χ1v) is 7.71. The van der Waals surface area contributed by atoms with Gasteiger partial charge in [0.15, 0.2) is 0 Å². The SMILES string of the molecule is C[C@H](NC(=O)N(C)C[C@@H]1CCC[C@@H]1O)c1cccc(C#N)c1. The predicted octanol–water partition coefficient (Wildman–Crippen LogP) is 2.42. The lowest BCUT2D eigenvalue weighted by Gasteiger charge is -2.25. The van der Waals surface area contributed by atoms with Crippen LogP contribution in [0.3, 0.4) is 0 Å². The second kappa shape index (κ2) is 7.28. The molecule has 118 valence electrons. The monoisotopic (exact) mass is 301 g/mol. The van der Waals surface area contributed by atoms with Crippen molar-refractivity contribution < 1.29 is 9.90 Å². The zero-order valence-corrected chi connectivity index (χ0v) is 13.1. The minimum Gasteiger partial charge on any atom is -0.393 e. The van der Waals surface area contributed by atoms with Crippen LogP contribution in [0.15, 0.2) is 24.3 Å². The van der Waals surface area contributed by atoms with Crippen LogP contribution in [0.5, 0.6) is 0 Å². The van der Waals surface area contributed by atoms with Crippen LogP contribution in [-0.2, 0) is 0 Å². The fraction of sp³-hybridized carbons (Fsp3) is 0.529. The van der Waals surface area contributed by atoms with E-state index in [0.29, 0.717) is 12.1 Å². The molecule has 0 heterocycles. The highest BCUT2D eigenvalue weighted by Gasteiger charge is 2.27. The van der Waals surface area contributed by atoms with Gasteiger partial charge in [-0.3, -0.25) is 0 Å². The summed E-state index contributed by atoms with van der Waals surface area (Å²) in [6.45, 7) is 2.46. The van der Waals surface area contributed by atoms with Gasteiger partial charge in [-0.25, -0.2) is 4.79 Å². The number of amides is 2. The molecule has 22 heavy (non-hydrogen) atoms. The number of carbonyl (C=O) groups is 1. The van der Waals surface area contributed by atoms with Gasteiger partial charge in [-0.05, 0) is 37.5 Å². The third kappa shape index (κ3) is 3.99. The van der Waals surface area contributed by atoms with Crippen molar-refractivity contribution in [2.24, 2.45) is 5.92 Å². The Bertz CT molecular complexity index is 567. The summed E-state index contributed by atoms with van der Waals surface area (Å²) < 4.78 is 0. The van der Waals surface area contributed by atoms with Gasteiger partial charge in [-0.1, -0.05) is 18.6 Å².